The summed E-state index contributed by atoms with van der Waals surface area (Å²) in [6.45, 7) is 6.30. The zero-order valence-electron chi connectivity index (χ0n) is 19.7. The Hall–Kier alpha value is -2.78. The number of amides is 1. The highest BCUT2D eigenvalue weighted by Crippen LogP contribution is 2.45. The molecule has 1 amide bonds. The molecule has 0 aliphatic carbocycles. The van der Waals surface area contributed by atoms with Crippen molar-refractivity contribution in [2.45, 2.75) is 50.9 Å². The Morgan fingerprint density at radius 3 is 2.59 bits per heavy atom. The van der Waals surface area contributed by atoms with Crippen LogP contribution < -0.4 is 5.73 Å². The van der Waals surface area contributed by atoms with Crippen molar-refractivity contribution >= 4 is 17.3 Å². The van der Waals surface area contributed by atoms with Gasteiger partial charge in [0, 0.05) is 47.1 Å². The molecule has 34 heavy (non-hydrogen) atoms. The Balaban J connectivity index is 1.88. The van der Waals surface area contributed by atoms with Crippen molar-refractivity contribution < 1.29 is 14.5 Å². The third-order valence-corrected chi connectivity index (χ3v) is 7.76. The first-order valence-electron chi connectivity index (χ1n) is 11.3. The van der Waals surface area contributed by atoms with E-state index in [1.807, 2.05) is 61.5 Å². The SMILES string of the molecule is CC(C)(C)[S+]([O-])N1Cc2cc(C(N)=O)nc(-c3cccc(-c4cccnc4)c3)c2[C@H]1CCCO. The maximum Gasteiger partial charge on any atom is 0.267 e. The predicted octanol–water partition coefficient (Wildman–Crippen LogP) is 4.00. The van der Waals surface area contributed by atoms with Crippen LogP contribution in [0.3, 0.4) is 0 Å². The summed E-state index contributed by atoms with van der Waals surface area (Å²) in [6.07, 6.45) is 4.72. The lowest BCUT2D eigenvalue weighted by molar-refractivity contribution is 0.0995. The highest BCUT2D eigenvalue weighted by Gasteiger charge is 2.44. The van der Waals surface area contributed by atoms with Gasteiger partial charge in [0.25, 0.3) is 5.91 Å². The summed E-state index contributed by atoms with van der Waals surface area (Å²) in [5.41, 5.74) is 11.1. The van der Waals surface area contributed by atoms with E-state index in [0.29, 0.717) is 25.1 Å². The van der Waals surface area contributed by atoms with Gasteiger partial charge in [0.05, 0.1) is 18.3 Å². The molecule has 3 N–H and O–H groups in total. The number of hydrogen-bond acceptors (Lipinski definition) is 6. The molecule has 3 aromatic rings. The number of pyridine rings is 2. The maximum atomic E-state index is 13.5. The predicted molar refractivity (Wildman–Crippen MR) is 134 cm³/mol. The van der Waals surface area contributed by atoms with E-state index in [1.54, 1.807) is 18.5 Å². The first-order valence-corrected chi connectivity index (χ1v) is 12.5. The van der Waals surface area contributed by atoms with Crippen molar-refractivity contribution in [3.8, 4) is 22.4 Å². The molecule has 1 aromatic carbocycles. The largest absolute Gasteiger partial charge is 0.597 e. The van der Waals surface area contributed by atoms with Crippen molar-refractivity contribution in [2.75, 3.05) is 6.61 Å². The number of aliphatic hydroxyl groups is 1. The minimum atomic E-state index is -1.29. The van der Waals surface area contributed by atoms with Crippen molar-refractivity contribution in [3.63, 3.8) is 0 Å². The lowest BCUT2D eigenvalue weighted by Gasteiger charge is -2.34. The Kier molecular flexibility index (Phi) is 7.04. The Morgan fingerprint density at radius 2 is 1.94 bits per heavy atom. The Labute approximate surface area is 203 Å². The molecule has 3 heterocycles. The molecule has 1 unspecified atom stereocenters. The number of fused-ring (bicyclic) bond motifs is 1. The summed E-state index contributed by atoms with van der Waals surface area (Å²) in [5, 5.41) is 9.55. The first kappa shape index (κ1) is 24.3. The molecule has 0 radical (unpaired) electrons. The highest BCUT2D eigenvalue weighted by atomic mass is 32.2. The van der Waals surface area contributed by atoms with Crippen LogP contribution in [0.15, 0.2) is 54.9 Å². The molecule has 0 bridgehead atoms. The van der Waals surface area contributed by atoms with Gasteiger partial charge in [-0.1, -0.05) is 24.3 Å². The van der Waals surface area contributed by atoms with Gasteiger partial charge in [-0.25, -0.2) is 4.98 Å². The van der Waals surface area contributed by atoms with Crippen LogP contribution in [0.1, 0.15) is 61.3 Å². The molecule has 2 atom stereocenters. The van der Waals surface area contributed by atoms with Gasteiger partial charge in [-0.3, -0.25) is 9.78 Å². The summed E-state index contributed by atoms with van der Waals surface area (Å²) in [5.74, 6) is -0.602. The van der Waals surface area contributed by atoms with E-state index in [1.165, 1.54) is 0 Å². The Morgan fingerprint density at radius 1 is 1.21 bits per heavy atom. The molecule has 0 fully saturated rings. The first-order chi connectivity index (χ1) is 16.2. The zero-order valence-corrected chi connectivity index (χ0v) is 20.5. The minimum absolute atomic E-state index is 0.0421. The number of nitrogens with zero attached hydrogens (tertiary/aromatic N) is 3. The Bertz CT molecular complexity index is 1180. The monoisotopic (exact) mass is 478 g/mol. The quantitative estimate of drug-likeness (QED) is 0.496. The van der Waals surface area contributed by atoms with Gasteiger partial charge < -0.3 is 15.4 Å². The van der Waals surface area contributed by atoms with E-state index in [9.17, 15) is 14.5 Å². The van der Waals surface area contributed by atoms with E-state index >= 15 is 0 Å². The molecule has 2 aromatic heterocycles. The van der Waals surface area contributed by atoms with Crippen LogP contribution in [0.2, 0.25) is 0 Å². The van der Waals surface area contributed by atoms with Gasteiger partial charge in [0.2, 0.25) is 0 Å². The summed E-state index contributed by atoms with van der Waals surface area (Å²) in [6, 6.07) is 13.3. The number of carbonyl (C=O) groups is 1. The zero-order chi connectivity index (χ0) is 24.5. The molecular weight excluding hydrogens is 448 g/mol. The number of primary amides is 1. The second-order valence-corrected chi connectivity index (χ2v) is 11.6. The van der Waals surface area contributed by atoms with E-state index in [-0.39, 0.29) is 18.3 Å². The molecule has 8 heteroatoms. The number of benzene rings is 1. The van der Waals surface area contributed by atoms with Crippen molar-refractivity contribution in [3.05, 3.63) is 71.7 Å². The summed E-state index contributed by atoms with van der Waals surface area (Å²) >= 11 is -1.29. The number of aliphatic hydroxyl groups excluding tert-OH is 1. The third-order valence-electron chi connectivity index (χ3n) is 5.91. The fourth-order valence-electron chi connectivity index (χ4n) is 4.36. The van der Waals surface area contributed by atoms with Crippen LogP contribution in [0.4, 0.5) is 0 Å². The topological polar surface area (TPSA) is 115 Å². The van der Waals surface area contributed by atoms with Crippen LogP contribution in [-0.4, -0.2) is 41.2 Å². The summed E-state index contributed by atoms with van der Waals surface area (Å²) < 4.78 is 15.0. The van der Waals surface area contributed by atoms with Gasteiger partial charge in [-0.2, -0.15) is 0 Å². The van der Waals surface area contributed by atoms with Crippen LogP contribution in [0.25, 0.3) is 22.4 Å². The molecule has 4 rings (SSSR count). The van der Waals surface area contributed by atoms with Gasteiger partial charge in [-0.15, -0.1) is 4.31 Å². The summed E-state index contributed by atoms with van der Waals surface area (Å²) in [7, 11) is 0. The molecule has 0 saturated heterocycles. The number of rotatable bonds is 7. The fourth-order valence-corrected chi connectivity index (χ4v) is 5.76. The fraction of sp³-hybridized carbons (Fsp3) is 0.346. The van der Waals surface area contributed by atoms with Gasteiger partial charge >= 0.3 is 0 Å². The minimum Gasteiger partial charge on any atom is -0.597 e. The third kappa shape index (κ3) is 4.86. The molecule has 7 nitrogen and oxygen atoms in total. The van der Waals surface area contributed by atoms with Crippen molar-refractivity contribution in [2.24, 2.45) is 5.73 Å². The maximum absolute atomic E-state index is 13.5. The van der Waals surface area contributed by atoms with Gasteiger partial charge in [0.15, 0.2) is 0 Å². The lowest BCUT2D eigenvalue weighted by atomic mass is 9.93. The molecule has 0 spiro atoms. The number of hydrogen-bond donors (Lipinski definition) is 2. The lowest BCUT2D eigenvalue weighted by Crippen LogP contribution is -2.42. The molecule has 1 aliphatic heterocycles. The van der Waals surface area contributed by atoms with Crippen LogP contribution >= 0.6 is 0 Å². The van der Waals surface area contributed by atoms with E-state index in [2.05, 4.69) is 9.97 Å². The number of aromatic nitrogens is 2. The van der Waals surface area contributed by atoms with Crippen molar-refractivity contribution in [1.29, 1.82) is 0 Å². The van der Waals surface area contributed by atoms with E-state index in [4.69, 9.17) is 5.73 Å². The van der Waals surface area contributed by atoms with Crippen molar-refractivity contribution in [1.82, 2.24) is 14.3 Å². The van der Waals surface area contributed by atoms with Crippen LogP contribution in [0.5, 0.6) is 0 Å². The average Bonchev–Trinajstić information content (AvgIpc) is 3.19. The summed E-state index contributed by atoms with van der Waals surface area (Å²) in [4.78, 5) is 21.0. The second-order valence-electron chi connectivity index (χ2n) is 9.43. The van der Waals surface area contributed by atoms with Crippen LogP contribution in [-0.2, 0) is 17.9 Å². The second kappa shape index (κ2) is 9.84. The van der Waals surface area contributed by atoms with Gasteiger partial charge in [-0.05, 0) is 62.9 Å². The standard InChI is InChI=1S/C26H30N4O3S/c1-26(2,3)34(33)30-16-20-14-21(25(27)32)29-24(23(20)22(30)10-6-12-31)18-8-4-7-17(13-18)19-9-5-11-28-15-19/h4-5,7-9,11,13-15,22,31H,6,10,12,16H2,1-3H3,(H2,27,32)/t22-,34?/m1/s1. The molecule has 178 valence electrons. The normalized spacial score (nSPS) is 16.9. The van der Waals surface area contributed by atoms with Gasteiger partial charge in [0.1, 0.15) is 10.4 Å². The highest BCUT2D eigenvalue weighted by molar-refractivity contribution is 7.90. The molecule has 1 aliphatic rings. The number of carbonyl (C=O) groups excluding carboxylic acids is 1. The van der Waals surface area contributed by atoms with Crippen LogP contribution in [0, 0.1) is 0 Å². The van der Waals surface area contributed by atoms with E-state index < -0.39 is 22.0 Å². The smallest absolute Gasteiger partial charge is 0.267 e. The molecular formula is C26H30N4O3S. The number of nitrogens with two attached hydrogens (primary N) is 1. The van der Waals surface area contributed by atoms with E-state index in [0.717, 1.165) is 27.8 Å². The average molecular weight is 479 g/mol. The molecule has 0 saturated carbocycles.